The number of rotatable bonds is 10. The van der Waals surface area contributed by atoms with Crippen LogP contribution < -0.4 is 10.1 Å². The molecule has 0 radical (unpaired) electrons. The van der Waals surface area contributed by atoms with Crippen LogP contribution in [0.25, 0.3) is 0 Å². The van der Waals surface area contributed by atoms with E-state index in [0.717, 1.165) is 19.3 Å². The Morgan fingerprint density at radius 3 is 2.44 bits per heavy atom. The van der Waals surface area contributed by atoms with E-state index in [1.165, 1.54) is 14.2 Å². The van der Waals surface area contributed by atoms with Gasteiger partial charge in [-0.05, 0) is 38.0 Å². The molecule has 0 saturated heterocycles. The van der Waals surface area contributed by atoms with Gasteiger partial charge in [0.1, 0.15) is 16.9 Å². The number of esters is 1. The van der Waals surface area contributed by atoms with Gasteiger partial charge < -0.3 is 19.5 Å². The van der Waals surface area contributed by atoms with E-state index < -0.39 is 11.6 Å². The molecule has 6 nitrogen and oxygen atoms in total. The zero-order valence-electron chi connectivity index (χ0n) is 15.8. The van der Waals surface area contributed by atoms with E-state index in [2.05, 4.69) is 12.2 Å². The Hall–Kier alpha value is -2.08. The van der Waals surface area contributed by atoms with Crippen molar-refractivity contribution in [3.8, 4) is 5.75 Å². The molecule has 0 spiro atoms. The van der Waals surface area contributed by atoms with Crippen LogP contribution in [-0.4, -0.2) is 38.3 Å². The van der Waals surface area contributed by atoms with E-state index in [1.54, 1.807) is 25.1 Å². The molecule has 6 heteroatoms. The first-order valence-corrected chi connectivity index (χ1v) is 8.63. The fraction of sp³-hybridized carbons (Fsp3) is 0.579. The summed E-state index contributed by atoms with van der Waals surface area (Å²) in [5.74, 6) is -0.320. The standard InChI is InChI=1S/C19H29NO5/c1-6-8-12-25-16-10-9-14(13-15(16)17(21)23-4)20-18(22)19(3,24-5)11-7-2/h9-10,13H,6-8,11-12H2,1-5H3,(H,20,22)/t19-/m0/s1. The zero-order valence-corrected chi connectivity index (χ0v) is 15.8. The number of anilines is 1. The van der Waals surface area contributed by atoms with Crippen LogP contribution in [0.4, 0.5) is 5.69 Å². The minimum atomic E-state index is -0.920. The van der Waals surface area contributed by atoms with Gasteiger partial charge in [-0.1, -0.05) is 26.7 Å². The average Bonchev–Trinajstić information content (AvgIpc) is 2.62. The maximum absolute atomic E-state index is 12.5. The number of hydrogen-bond donors (Lipinski definition) is 1. The molecule has 0 aliphatic rings. The van der Waals surface area contributed by atoms with Crippen molar-refractivity contribution in [1.29, 1.82) is 0 Å². The van der Waals surface area contributed by atoms with Crippen molar-refractivity contribution < 1.29 is 23.8 Å². The van der Waals surface area contributed by atoms with Crippen LogP contribution in [0.3, 0.4) is 0 Å². The number of carbonyl (C=O) groups excluding carboxylic acids is 2. The van der Waals surface area contributed by atoms with Gasteiger partial charge in [0.25, 0.3) is 5.91 Å². The van der Waals surface area contributed by atoms with Gasteiger partial charge in [-0.25, -0.2) is 4.79 Å². The molecule has 1 amide bonds. The molecule has 1 rings (SSSR count). The predicted molar refractivity (Wildman–Crippen MR) is 97.1 cm³/mol. The van der Waals surface area contributed by atoms with E-state index >= 15 is 0 Å². The van der Waals surface area contributed by atoms with Crippen LogP contribution in [0.2, 0.25) is 0 Å². The van der Waals surface area contributed by atoms with E-state index in [9.17, 15) is 9.59 Å². The Kier molecular flexibility index (Phi) is 8.41. The molecule has 1 aromatic carbocycles. The second-order valence-electron chi connectivity index (χ2n) is 6.04. The van der Waals surface area contributed by atoms with Gasteiger partial charge >= 0.3 is 5.97 Å². The molecule has 25 heavy (non-hydrogen) atoms. The van der Waals surface area contributed by atoms with Gasteiger partial charge in [0, 0.05) is 12.8 Å². The molecular formula is C19H29NO5. The molecule has 0 unspecified atom stereocenters. The molecule has 1 atom stereocenters. The Bertz CT molecular complexity index is 587. The summed E-state index contributed by atoms with van der Waals surface area (Å²) in [6, 6.07) is 4.93. The van der Waals surface area contributed by atoms with Crippen molar-refractivity contribution in [2.75, 3.05) is 26.1 Å². The third-order valence-electron chi connectivity index (χ3n) is 4.06. The summed E-state index contributed by atoms with van der Waals surface area (Å²) >= 11 is 0. The monoisotopic (exact) mass is 351 g/mol. The number of nitrogens with one attached hydrogen (secondary N) is 1. The van der Waals surface area contributed by atoms with Crippen molar-refractivity contribution in [2.45, 2.75) is 52.1 Å². The maximum atomic E-state index is 12.5. The first-order chi connectivity index (χ1) is 11.9. The number of carbonyl (C=O) groups is 2. The highest BCUT2D eigenvalue weighted by Crippen LogP contribution is 2.26. The molecule has 0 aromatic heterocycles. The summed E-state index contributed by atoms with van der Waals surface area (Å²) < 4.78 is 15.8. The molecule has 140 valence electrons. The molecule has 0 aliphatic heterocycles. The quantitative estimate of drug-likeness (QED) is 0.513. The summed E-state index contributed by atoms with van der Waals surface area (Å²) in [4.78, 5) is 24.5. The summed E-state index contributed by atoms with van der Waals surface area (Å²) in [6.07, 6.45) is 3.30. The summed E-state index contributed by atoms with van der Waals surface area (Å²) in [5, 5.41) is 2.80. The fourth-order valence-corrected chi connectivity index (χ4v) is 2.38. The summed E-state index contributed by atoms with van der Waals surface area (Å²) in [7, 11) is 2.83. The number of hydrogen-bond acceptors (Lipinski definition) is 5. The fourth-order valence-electron chi connectivity index (χ4n) is 2.38. The van der Waals surface area contributed by atoms with Gasteiger partial charge in [-0.2, -0.15) is 0 Å². The molecule has 0 aliphatic carbocycles. The molecule has 0 bridgehead atoms. The maximum Gasteiger partial charge on any atom is 0.341 e. The number of ether oxygens (including phenoxy) is 3. The van der Waals surface area contributed by atoms with Crippen LogP contribution in [0.15, 0.2) is 18.2 Å². The van der Waals surface area contributed by atoms with Crippen molar-refractivity contribution in [1.82, 2.24) is 0 Å². The molecule has 0 fully saturated rings. The topological polar surface area (TPSA) is 73.9 Å². The first kappa shape index (κ1) is 21.0. The minimum absolute atomic E-state index is 0.257. The number of methoxy groups -OCH3 is 2. The molecular weight excluding hydrogens is 322 g/mol. The SMILES string of the molecule is CCCCOc1ccc(NC(=O)[C@](C)(CCC)OC)cc1C(=O)OC. The normalized spacial score (nSPS) is 13.0. The number of benzene rings is 1. The van der Waals surface area contributed by atoms with Gasteiger partial charge in [0.2, 0.25) is 0 Å². The smallest absolute Gasteiger partial charge is 0.341 e. The molecule has 1 N–H and O–H groups in total. The van der Waals surface area contributed by atoms with Crippen LogP contribution in [0, 0.1) is 0 Å². The highest BCUT2D eigenvalue weighted by molar-refractivity contribution is 5.99. The second kappa shape index (κ2) is 10.0. The van der Waals surface area contributed by atoms with Crippen LogP contribution in [0.1, 0.15) is 56.8 Å². The lowest BCUT2D eigenvalue weighted by molar-refractivity contribution is -0.136. The number of unbranched alkanes of at least 4 members (excludes halogenated alkanes) is 1. The Balaban J connectivity index is 3.01. The molecule has 0 heterocycles. The molecule has 1 aromatic rings. The average molecular weight is 351 g/mol. The van der Waals surface area contributed by atoms with Gasteiger partial charge in [-0.3, -0.25) is 4.79 Å². The third-order valence-corrected chi connectivity index (χ3v) is 4.06. The van der Waals surface area contributed by atoms with Crippen molar-refractivity contribution in [3.05, 3.63) is 23.8 Å². The van der Waals surface area contributed by atoms with E-state index in [-0.39, 0.29) is 11.5 Å². The second-order valence-corrected chi connectivity index (χ2v) is 6.04. The molecule has 0 saturated carbocycles. The van der Waals surface area contributed by atoms with Crippen molar-refractivity contribution in [2.24, 2.45) is 0 Å². The Morgan fingerprint density at radius 2 is 1.88 bits per heavy atom. The van der Waals surface area contributed by atoms with Crippen LogP contribution >= 0.6 is 0 Å². The van der Waals surface area contributed by atoms with Crippen LogP contribution in [-0.2, 0) is 14.3 Å². The van der Waals surface area contributed by atoms with Crippen molar-refractivity contribution in [3.63, 3.8) is 0 Å². The third kappa shape index (κ3) is 5.74. The van der Waals surface area contributed by atoms with Gasteiger partial charge in [0.15, 0.2) is 0 Å². The Morgan fingerprint density at radius 1 is 1.16 bits per heavy atom. The highest BCUT2D eigenvalue weighted by Gasteiger charge is 2.32. The van der Waals surface area contributed by atoms with Gasteiger partial charge in [-0.15, -0.1) is 0 Å². The number of amides is 1. The lowest BCUT2D eigenvalue weighted by Crippen LogP contribution is -2.41. The largest absolute Gasteiger partial charge is 0.493 e. The lowest BCUT2D eigenvalue weighted by atomic mass is 9.99. The van der Waals surface area contributed by atoms with E-state index in [0.29, 0.717) is 24.5 Å². The van der Waals surface area contributed by atoms with E-state index in [1.807, 2.05) is 6.92 Å². The minimum Gasteiger partial charge on any atom is -0.493 e. The highest BCUT2D eigenvalue weighted by atomic mass is 16.5. The zero-order chi connectivity index (χ0) is 18.9. The predicted octanol–water partition coefficient (Wildman–Crippen LogP) is 3.80. The van der Waals surface area contributed by atoms with Crippen molar-refractivity contribution >= 4 is 17.6 Å². The van der Waals surface area contributed by atoms with Crippen LogP contribution in [0.5, 0.6) is 5.75 Å². The van der Waals surface area contributed by atoms with E-state index in [4.69, 9.17) is 14.2 Å². The summed E-state index contributed by atoms with van der Waals surface area (Å²) in [5.41, 5.74) is -0.144. The van der Waals surface area contributed by atoms with Gasteiger partial charge in [0.05, 0.1) is 13.7 Å². The Labute approximate surface area is 149 Å². The summed E-state index contributed by atoms with van der Waals surface area (Å²) in [6.45, 7) is 6.31. The lowest BCUT2D eigenvalue weighted by Gasteiger charge is -2.26. The first-order valence-electron chi connectivity index (χ1n) is 8.63.